The number of rotatable bonds is 2. The highest BCUT2D eigenvalue weighted by molar-refractivity contribution is 5.70. The number of carbonyl (C=O) groups is 1. The van der Waals surface area contributed by atoms with Crippen molar-refractivity contribution in [1.29, 1.82) is 5.26 Å². The second-order valence-electron chi connectivity index (χ2n) is 5.07. The lowest BCUT2D eigenvalue weighted by Crippen LogP contribution is -2.53. The van der Waals surface area contributed by atoms with Gasteiger partial charge in [0.05, 0.1) is 19.2 Å². The smallest absolute Gasteiger partial charge is 0.412 e. The van der Waals surface area contributed by atoms with E-state index in [1.54, 1.807) is 0 Å². The molecule has 21 heavy (non-hydrogen) atoms. The molecule has 1 aliphatic rings. The molecule has 6 nitrogen and oxygen atoms in total. The molecule has 1 aromatic carbocycles. The normalized spacial score (nSPS) is 24.4. The van der Waals surface area contributed by atoms with Gasteiger partial charge in [-0.25, -0.2) is 4.79 Å². The second-order valence-corrected chi connectivity index (χ2v) is 5.07. The van der Waals surface area contributed by atoms with Crippen LogP contribution in [0.3, 0.4) is 0 Å². The highest BCUT2D eigenvalue weighted by Crippen LogP contribution is 2.41. The standard InChI is InChI=1S/C15H19N3O3/c1-17(2)13-11-8-6-5-7-10(11)12(9-16)18(14(13)20-3)15(19)21-4/h5-8,12-14H,1-4H3/t12-,13-,14+/m1/s1. The number of nitrogens with zero attached hydrogens (tertiary/aromatic N) is 3. The zero-order chi connectivity index (χ0) is 15.6. The summed E-state index contributed by atoms with van der Waals surface area (Å²) in [5.74, 6) is 0. The number of amides is 1. The summed E-state index contributed by atoms with van der Waals surface area (Å²) in [5.41, 5.74) is 1.79. The zero-order valence-electron chi connectivity index (χ0n) is 12.6. The summed E-state index contributed by atoms with van der Waals surface area (Å²) < 4.78 is 10.4. The molecule has 0 saturated carbocycles. The molecule has 0 aliphatic carbocycles. The summed E-state index contributed by atoms with van der Waals surface area (Å²) in [5, 5.41) is 9.52. The van der Waals surface area contributed by atoms with E-state index in [1.165, 1.54) is 19.1 Å². The maximum absolute atomic E-state index is 12.1. The molecule has 0 spiro atoms. The lowest BCUT2D eigenvalue weighted by Gasteiger charge is -2.45. The van der Waals surface area contributed by atoms with Gasteiger partial charge in [-0.15, -0.1) is 0 Å². The molecule has 3 atom stereocenters. The van der Waals surface area contributed by atoms with Gasteiger partial charge in [-0.2, -0.15) is 5.26 Å². The van der Waals surface area contributed by atoms with Crippen LogP contribution in [0, 0.1) is 11.3 Å². The first kappa shape index (κ1) is 15.3. The molecule has 0 bridgehead atoms. The van der Waals surface area contributed by atoms with Crippen molar-refractivity contribution in [1.82, 2.24) is 9.80 Å². The van der Waals surface area contributed by atoms with Crippen LogP contribution in [0.25, 0.3) is 0 Å². The van der Waals surface area contributed by atoms with E-state index in [1.807, 2.05) is 43.3 Å². The molecule has 0 fully saturated rings. The number of hydrogen-bond acceptors (Lipinski definition) is 5. The molecule has 6 heteroatoms. The number of carbonyl (C=O) groups excluding carboxylic acids is 1. The highest BCUT2D eigenvalue weighted by Gasteiger charge is 2.45. The van der Waals surface area contributed by atoms with Crippen LogP contribution in [0.1, 0.15) is 23.2 Å². The Labute approximate surface area is 124 Å². The summed E-state index contributed by atoms with van der Waals surface area (Å²) in [7, 11) is 6.65. The molecule has 1 heterocycles. The summed E-state index contributed by atoms with van der Waals surface area (Å²) in [6.45, 7) is 0. The average molecular weight is 289 g/mol. The topological polar surface area (TPSA) is 65.8 Å². The van der Waals surface area contributed by atoms with Crippen molar-refractivity contribution in [2.24, 2.45) is 0 Å². The Balaban J connectivity index is 2.64. The van der Waals surface area contributed by atoms with Crippen LogP contribution < -0.4 is 0 Å². The van der Waals surface area contributed by atoms with Crippen molar-refractivity contribution in [3.8, 4) is 6.07 Å². The maximum Gasteiger partial charge on any atom is 0.412 e. The third kappa shape index (κ3) is 2.46. The third-order valence-electron chi connectivity index (χ3n) is 3.74. The minimum atomic E-state index is -0.727. The van der Waals surface area contributed by atoms with Gasteiger partial charge in [-0.3, -0.25) is 9.80 Å². The fourth-order valence-corrected chi connectivity index (χ4v) is 2.85. The van der Waals surface area contributed by atoms with Gasteiger partial charge in [0.25, 0.3) is 0 Å². The molecular weight excluding hydrogens is 270 g/mol. The molecule has 0 unspecified atom stereocenters. The lowest BCUT2D eigenvalue weighted by atomic mass is 9.88. The number of methoxy groups -OCH3 is 2. The lowest BCUT2D eigenvalue weighted by molar-refractivity contribution is -0.0879. The predicted octanol–water partition coefficient (Wildman–Crippen LogP) is 1.91. The monoisotopic (exact) mass is 289 g/mol. The van der Waals surface area contributed by atoms with Gasteiger partial charge in [0.1, 0.15) is 0 Å². The summed E-state index contributed by atoms with van der Waals surface area (Å²) >= 11 is 0. The van der Waals surface area contributed by atoms with Crippen LogP contribution in [0.2, 0.25) is 0 Å². The minimum absolute atomic E-state index is 0.171. The van der Waals surface area contributed by atoms with Crippen molar-refractivity contribution >= 4 is 6.09 Å². The molecule has 1 aliphatic heterocycles. The quantitative estimate of drug-likeness (QED) is 0.832. The number of ether oxygens (including phenoxy) is 2. The van der Waals surface area contributed by atoms with Gasteiger partial charge < -0.3 is 9.47 Å². The Morgan fingerprint density at radius 2 is 1.90 bits per heavy atom. The number of benzene rings is 1. The van der Waals surface area contributed by atoms with E-state index >= 15 is 0 Å². The van der Waals surface area contributed by atoms with Crippen molar-refractivity contribution in [3.05, 3.63) is 35.4 Å². The molecule has 0 aromatic heterocycles. The van der Waals surface area contributed by atoms with Crippen LogP contribution in [0.4, 0.5) is 4.79 Å². The third-order valence-corrected chi connectivity index (χ3v) is 3.74. The molecule has 1 aromatic rings. The SMILES string of the molecule is COC(=O)N1[C@H](C#N)c2ccccc2[C@@H](N(C)C)[C@@H]1OC. The van der Waals surface area contributed by atoms with Gasteiger partial charge in [0.15, 0.2) is 12.3 Å². The van der Waals surface area contributed by atoms with Gasteiger partial charge in [-0.05, 0) is 25.2 Å². The molecule has 0 N–H and O–H groups in total. The Morgan fingerprint density at radius 1 is 1.29 bits per heavy atom. The van der Waals surface area contributed by atoms with Crippen LogP contribution in [-0.4, -0.2) is 50.4 Å². The molecule has 112 valence electrons. The molecule has 0 saturated heterocycles. The fraction of sp³-hybridized carbons (Fsp3) is 0.467. The van der Waals surface area contributed by atoms with Crippen molar-refractivity contribution in [2.75, 3.05) is 28.3 Å². The molecule has 2 rings (SSSR count). The van der Waals surface area contributed by atoms with Crippen LogP contribution in [-0.2, 0) is 9.47 Å². The fourth-order valence-electron chi connectivity index (χ4n) is 2.85. The van der Waals surface area contributed by atoms with Gasteiger partial charge in [-0.1, -0.05) is 24.3 Å². The number of fused-ring (bicyclic) bond motifs is 1. The average Bonchev–Trinajstić information content (AvgIpc) is 2.51. The van der Waals surface area contributed by atoms with Gasteiger partial charge in [0.2, 0.25) is 0 Å². The maximum atomic E-state index is 12.1. The van der Waals surface area contributed by atoms with Gasteiger partial charge in [0, 0.05) is 7.11 Å². The van der Waals surface area contributed by atoms with E-state index in [9.17, 15) is 10.1 Å². The predicted molar refractivity (Wildman–Crippen MR) is 76.3 cm³/mol. The van der Waals surface area contributed by atoms with Crippen LogP contribution in [0.15, 0.2) is 24.3 Å². The molecular formula is C15H19N3O3. The second kappa shape index (κ2) is 6.12. The van der Waals surface area contributed by atoms with E-state index in [2.05, 4.69) is 6.07 Å². The van der Waals surface area contributed by atoms with Gasteiger partial charge >= 0.3 is 6.09 Å². The highest BCUT2D eigenvalue weighted by atomic mass is 16.6. The molecule has 1 amide bonds. The molecule has 0 radical (unpaired) electrons. The summed E-state index contributed by atoms with van der Waals surface area (Å²) in [6, 6.07) is 8.88. The van der Waals surface area contributed by atoms with E-state index < -0.39 is 18.4 Å². The first-order chi connectivity index (χ1) is 10.1. The number of likely N-dealkylation sites (N-methyl/N-ethyl adjacent to an activating group) is 1. The number of hydrogen-bond donors (Lipinski definition) is 0. The van der Waals surface area contributed by atoms with E-state index in [4.69, 9.17) is 9.47 Å². The van der Waals surface area contributed by atoms with E-state index in [-0.39, 0.29) is 6.04 Å². The Kier molecular flexibility index (Phi) is 4.46. The van der Waals surface area contributed by atoms with Crippen molar-refractivity contribution < 1.29 is 14.3 Å². The summed E-state index contributed by atoms with van der Waals surface area (Å²) in [4.78, 5) is 15.5. The number of nitriles is 1. The summed E-state index contributed by atoms with van der Waals surface area (Å²) in [6.07, 6.45) is -1.17. The van der Waals surface area contributed by atoms with Crippen LogP contribution in [0.5, 0.6) is 0 Å². The largest absolute Gasteiger partial charge is 0.453 e. The Morgan fingerprint density at radius 3 is 2.38 bits per heavy atom. The Hall–Kier alpha value is -2.10. The first-order valence-corrected chi connectivity index (χ1v) is 6.60. The van der Waals surface area contributed by atoms with Crippen LogP contribution >= 0.6 is 0 Å². The van der Waals surface area contributed by atoms with Crippen molar-refractivity contribution in [3.63, 3.8) is 0 Å². The minimum Gasteiger partial charge on any atom is -0.453 e. The Bertz CT molecular complexity index is 568. The first-order valence-electron chi connectivity index (χ1n) is 6.60. The van der Waals surface area contributed by atoms with Crippen molar-refractivity contribution in [2.45, 2.75) is 18.3 Å². The van der Waals surface area contributed by atoms with E-state index in [0.717, 1.165) is 11.1 Å². The van der Waals surface area contributed by atoms with E-state index in [0.29, 0.717) is 0 Å². The zero-order valence-corrected chi connectivity index (χ0v) is 12.6.